The Labute approximate surface area is 126 Å². The molecule has 0 amide bonds. The minimum Gasteiger partial charge on any atom is -0.349 e. The highest BCUT2D eigenvalue weighted by atomic mass is 32.2. The first-order valence-electron chi connectivity index (χ1n) is 6.84. The van der Waals surface area contributed by atoms with Crippen molar-refractivity contribution in [1.82, 2.24) is 4.72 Å². The fraction of sp³-hybridized carbons (Fsp3) is 0.467. The van der Waals surface area contributed by atoms with Crippen molar-refractivity contribution in [3.63, 3.8) is 0 Å². The highest BCUT2D eigenvalue weighted by molar-refractivity contribution is 7.89. The van der Waals surface area contributed by atoms with Gasteiger partial charge in [-0.2, -0.15) is 0 Å². The summed E-state index contributed by atoms with van der Waals surface area (Å²) in [4.78, 5) is 0.229. The quantitative estimate of drug-likeness (QED) is 0.845. The van der Waals surface area contributed by atoms with Crippen LogP contribution >= 0.6 is 0 Å². The highest BCUT2D eigenvalue weighted by Crippen LogP contribution is 2.25. The average molecular weight is 311 g/mol. The molecule has 1 N–H and O–H groups in total. The lowest BCUT2D eigenvalue weighted by Gasteiger charge is -2.40. The first-order valence-corrected chi connectivity index (χ1v) is 8.32. The summed E-state index contributed by atoms with van der Waals surface area (Å²) >= 11 is 0. The maximum absolute atomic E-state index is 12.4. The van der Waals surface area contributed by atoms with Crippen molar-refractivity contribution in [3.8, 4) is 0 Å². The molecule has 5 nitrogen and oxygen atoms in total. The van der Waals surface area contributed by atoms with Crippen LogP contribution < -0.4 is 4.72 Å². The summed E-state index contributed by atoms with van der Waals surface area (Å²) in [6.07, 6.45) is 1.97. The van der Waals surface area contributed by atoms with E-state index >= 15 is 0 Å². The molecule has 1 aromatic carbocycles. The number of hydrogen-bond acceptors (Lipinski definition) is 4. The number of benzene rings is 1. The van der Waals surface area contributed by atoms with E-state index in [1.54, 1.807) is 36.4 Å². The van der Waals surface area contributed by atoms with E-state index in [4.69, 9.17) is 9.47 Å². The van der Waals surface area contributed by atoms with Gasteiger partial charge in [0.2, 0.25) is 10.0 Å². The Morgan fingerprint density at radius 3 is 2.67 bits per heavy atom. The molecule has 116 valence electrons. The van der Waals surface area contributed by atoms with Crippen molar-refractivity contribution in [2.24, 2.45) is 0 Å². The smallest absolute Gasteiger partial charge is 0.240 e. The molecule has 2 atom stereocenters. The second kappa shape index (κ2) is 6.27. The van der Waals surface area contributed by atoms with E-state index < -0.39 is 21.9 Å². The Morgan fingerprint density at radius 1 is 1.38 bits per heavy atom. The number of sulfonamides is 1. The SMILES string of the molecule is C=CC[C@@H]1OC(C)(C)OC[C@@H]1NS(=O)(=O)c1ccccc1. The Kier molecular flexibility index (Phi) is 4.83. The Morgan fingerprint density at radius 2 is 2.05 bits per heavy atom. The van der Waals surface area contributed by atoms with Crippen LogP contribution in [0.15, 0.2) is 47.9 Å². The molecule has 0 aliphatic carbocycles. The van der Waals surface area contributed by atoms with Gasteiger partial charge in [-0.15, -0.1) is 6.58 Å². The number of hydrogen-bond donors (Lipinski definition) is 1. The minimum atomic E-state index is -3.59. The molecule has 1 fully saturated rings. The fourth-order valence-electron chi connectivity index (χ4n) is 2.23. The summed E-state index contributed by atoms with van der Waals surface area (Å²) in [5.41, 5.74) is 0. The third-order valence-corrected chi connectivity index (χ3v) is 4.76. The topological polar surface area (TPSA) is 64.6 Å². The largest absolute Gasteiger partial charge is 0.349 e. The van der Waals surface area contributed by atoms with Crippen molar-refractivity contribution in [2.75, 3.05) is 6.61 Å². The lowest BCUT2D eigenvalue weighted by Crippen LogP contribution is -2.55. The zero-order chi connectivity index (χ0) is 15.5. The molecule has 1 aliphatic rings. The lowest BCUT2D eigenvalue weighted by molar-refractivity contribution is -0.279. The summed E-state index contributed by atoms with van der Waals surface area (Å²) in [6, 6.07) is 7.81. The maximum atomic E-state index is 12.4. The number of rotatable bonds is 5. The molecular weight excluding hydrogens is 290 g/mol. The molecule has 0 unspecified atom stereocenters. The summed E-state index contributed by atoms with van der Waals surface area (Å²) in [6.45, 7) is 7.58. The average Bonchev–Trinajstić information content (AvgIpc) is 2.43. The molecule has 0 radical (unpaired) electrons. The second-order valence-electron chi connectivity index (χ2n) is 5.43. The van der Waals surface area contributed by atoms with E-state index in [0.29, 0.717) is 6.42 Å². The van der Waals surface area contributed by atoms with Gasteiger partial charge in [-0.1, -0.05) is 24.3 Å². The van der Waals surface area contributed by atoms with Crippen LogP contribution in [-0.4, -0.2) is 33.0 Å². The maximum Gasteiger partial charge on any atom is 0.240 e. The van der Waals surface area contributed by atoms with Crippen LogP contribution in [-0.2, 0) is 19.5 Å². The van der Waals surface area contributed by atoms with Gasteiger partial charge < -0.3 is 9.47 Å². The first kappa shape index (κ1) is 16.2. The van der Waals surface area contributed by atoms with Crippen molar-refractivity contribution < 1.29 is 17.9 Å². The van der Waals surface area contributed by atoms with Crippen LogP contribution in [0.1, 0.15) is 20.3 Å². The van der Waals surface area contributed by atoms with Crippen molar-refractivity contribution in [2.45, 2.75) is 43.1 Å². The van der Waals surface area contributed by atoms with Crippen LogP contribution in [0, 0.1) is 0 Å². The zero-order valence-corrected chi connectivity index (χ0v) is 13.1. The van der Waals surface area contributed by atoms with E-state index in [1.807, 2.05) is 13.8 Å². The van der Waals surface area contributed by atoms with E-state index in [-0.39, 0.29) is 17.6 Å². The minimum absolute atomic E-state index is 0.229. The highest BCUT2D eigenvalue weighted by Gasteiger charge is 2.37. The van der Waals surface area contributed by atoms with Crippen LogP contribution in [0.3, 0.4) is 0 Å². The van der Waals surface area contributed by atoms with Gasteiger partial charge in [0, 0.05) is 0 Å². The van der Waals surface area contributed by atoms with Gasteiger partial charge in [-0.25, -0.2) is 13.1 Å². The predicted octanol–water partition coefficient (Wildman–Crippen LogP) is 2.06. The number of ether oxygens (including phenoxy) is 2. The summed E-state index contributed by atoms with van der Waals surface area (Å²) in [5, 5.41) is 0. The van der Waals surface area contributed by atoms with E-state index in [1.165, 1.54) is 0 Å². The third-order valence-electron chi connectivity index (χ3n) is 3.25. The summed E-state index contributed by atoms with van der Waals surface area (Å²) in [7, 11) is -3.59. The molecule has 0 bridgehead atoms. The van der Waals surface area contributed by atoms with Gasteiger partial charge in [0.1, 0.15) is 0 Å². The monoisotopic (exact) mass is 311 g/mol. The Bertz CT molecular complexity index is 583. The van der Waals surface area contributed by atoms with Crippen molar-refractivity contribution in [3.05, 3.63) is 43.0 Å². The first-order chi connectivity index (χ1) is 9.84. The van der Waals surface area contributed by atoms with Crippen molar-refractivity contribution >= 4 is 10.0 Å². The van der Waals surface area contributed by atoms with Gasteiger partial charge in [-0.05, 0) is 32.4 Å². The molecule has 0 saturated carbocycles. The fourth-order valence-corrected chi connectivity index (χ4v) is 3.50. The predicted molar refractivity (Wildman–Crippen MR) is 80.3 cm³/mol. The standard InChI is InChI=1S/C15H21NO4S/c1-4-8-14-13(11-19-15(2,3)20-14)16-21(17,18)12-9-6-5-7-10-12/h4-7,9-10,13-14,16H,1,8,11H2,2-3H3/t13-,14-/m0/s1. The summed E-state index contributed by atoms with van der Waals surface area (Å²) in [5.74, 6) is -0.720. The summed E-state index contributed by atoms with van der Waals surface area (Å²) < 4.78 is 38.7. The molecule has 1 heterocycles. The van der Waals surface area contributed by atoms with Crippen LogP contribution in [0.4, 0.5) is 0 Å². The molecule has 1 aliphatic heterocycles. The van der Waals surface area contributed by atoms with Crippen molar-refractivity contribution in [1.29, 1.82) is 0 Å². The van der Waals surface area contributed by atoms with Gasteiger partial charge in [0.25, 0.3) is 0 Å². The normalized spacial score (nSPS) is 25.4. The Hall–Kier alpha value is -1.21. The Balaban J connectivity index is 2.15. The van der Waals surface area contributed by atoms with Crippen LogP contribution in [0.25, 0.3) is 0 Å². The van der Waals surface area contributed by atoms with E-state index in [9.17, 15) is 8.42 Å². The molecule has 1 aromatic rings. The van der Waals surface area contributed by atoms with Gasteiger partial charge in [-0.3, -0.25) is 0 Å². The molecule has 2 rings (SSSR count). The lowest BCUT2D eigenvalue weighted by atomic mass is 10.1. The third kappa shape index (κ3) is 4.14. The van der Waals surface area contributed by atoms with Gasteiger partial charge in [0.15, 0.2) is 5.79 Å². The molecular formula is C15H21NO4S. The van der Waals surface area contributed by atoms with E-state index in [2.05, 4.69) is 11.3 Å². The zero-order valence-electron chi connectivity index (χ0n) is 12.3. The number of nitrogens with one attached hydrogen (secondary N) is 1. The van der Waals surface area contributed by atoms with Crippen LogP contribution in [0.2, 0.25) is 0 Å². The second-order valence-corrected chi connectivity index (χ2v) is 7.15. The van der Waals surface area contributed by atoms with Gasteiger partial charge >= 0.3 is 0 Å². The molecule has 1 saturated heterocycles. The molecule has 6 heteroatoms. The van der Waals surface area contributed by atoms with Crippen LogP contribution in [0.5, 0.6) is 0 Å². The van der Waals surface area contributed by atoms with Gasteiger partial charge in [0.05, 0.1) is 23.6 Å². The van der Waals surface area contributed by atoms with E-state index in [0.717, 1.165) is 0 Å². The molecule has 0 spiro atoms. The molecule has 21 heavy (non-hydrogen) atoms. The molecule has 0 aromatic heterocycles.